The third kappa shape index (κ3) is 3.79. The van der Waals surface area contributed by atoms with Crippen LogP contribution < -0.4 is 5.73 Å². The van der Waals surface area contributed by atoms with Crippen molar-refractivity contribution in [1.82, 2.24) is 0 Å². The van der Waals surface area contributed by atoms with Crippen molar-refractivity contribution >= 4 is 33.5 Å². The van der Waals surface area contributed by atoms with Crippen LogP contribution >= 0.6 is 27.7 Å². The summed E-state index contributed by atoms with van der Waals surface area (Å²) in [4.78, 5) is 0.942. The molecule has 0 aliphatic rings. The third-order valence-electron chi connectivity index (χ3n) is 1.88. The van der Waals surface area contributed by atoms with Crippen LogP contribution in [-0.2, 0) is 0 Å². The number of rotatable bonds is 5. The van der Waals surface area contributed by atoms with Crippen molar-refractivity contribution in [2.75, 3.05) is 12.4 Å². The molecule has 0 saturated heterocycles. The Balaban J connectivity index is 2.72. The Morgan fingerprint density at radius 2 is 2.25 bits per heavy atom. The lowest BCUT2D eigenvalue weighted by molar-refractivity contribution is 0.113. The molecular formula is C10H13BrN2O2S. The highest BCUT2D eigenvalue weighted by Crippen LogP contribution is 2.28. The van der Waals surface area contributed by atoms with Gasteiger partial charge in [0.15, 0.2) is 0 Å². The summed E-state index contributed by atoms with van der Waals surface area (Å²) in [7, 11) is 0. The van der Waals surface area contributed by atoms with Gasteiger partial charge in [-0.15, -0.1) is 11.8 Å². The number of nitrogens with one attached hydrogen (secondary N) is 1. The van der Waals surface area contributed by atoms with E-state index in [1.807, 2.05) is 6.07 Å². The predicted octanol–water partition coefficient (Wildman–Crippen LogP) is 1.18. The van der Waals surface area contributed by atoms with Crippen LogP contribution in [0.15, 0.2) is 27.6 Å². The molecule has 1 atom stereocenters. The van der Waals surface area contributed by atoms with Gasteiger partial charge < -0.3 is 15.9 Å². The van der Waals surface area contributed by atoms with E-state index in [2.05, 4.69) is 15.9 Å². The smallest absolute Gasteiger partial charge is 0.122 e. The summed E-state index contributed by atoms with van der Waals surface area (Å²) in [6.07, 6.45) is -0.718. The van der Waals surface area contributed by atoms with E-state index in [9.17, 15) is 5.11 Å². The molecule has 0 bridgehead atoms. The number of halogens is 1. The lowest BCUT2D eigenvalue weighted by atomic mass is 10.2. The Kier molecular flexibility index (Phi) is 5.27. The molecule has 0 spiro atoms. The molecule has 0 heterocycles. The first-order chi connectivity index (χ1) is 7.54. The molecule has 88 valence electrons. The lowest BCUT2D eigenvalue weighted by Gasteiger charge is -2.09. The number of amidine groups is 1. The maximum Gasteiger partial charge on any atom is 0.122 e. The minimum atomic E-state index is -0.718. The Morgan fingerprint density at radius 1 is 1.56 bits per heavy atom. The minimum Gasteiger partial charge on any atom is -0.394 e. The topological polar surface area (TPSA) is 90.3 Å². The molecule has 0 radical (unpaired) electrons. The quantitative estimate of drug-likeness (QED) is 0.373. The van der Waals surface area contributed by atoms with Gasteiger partial charge in [-0.05, 0) is 28.1 Å². The summed E-state index contributed by atoms with van der Waals surface area (Å²) < 4.78 is 0.829. The standard InChI is InChI=1S/C10H13BrN2O2S/c11-8-3-6(10(12)13)1-2-9(8)16-5-7(15)4-14/h1-3,7,14-15H,4-5H2,(H3,12,13). The van der Waals surface area contributed by atoms with Crippen molar-refractivity contribution < 1.29 is 10.2 Å². The van der Waals surface area contributed by atoms with Gasteiger partial charge in [0.1, 0.15) is 5.84 Å². The van der Waals surface area contributed by atoms with Crippen LogP contribution in [-0.4, -0.2) is 34.5 Å². The highest BCUT2D eigenvalue weighted by Gasteiger charge is 2.07. The maximum atomic E-state index is 9.21. The minimum absolute atomic E-state index is 0.0210. The van der Waals surface area contributed by atoms with Crippen molar-refractivity contribution in [3.05, 3.63) is 28.2 Å². The zero-order valence-corrected chi connectivity index (χ0v) is 10.9. The zero-order chi connectivity index (χ0) is 12.1. The monoisotopic (exact) mass is 304 g/mol. The Morgan fingerprint density at radius 3 is 2.75 bits per heavy atom. The molecule has 0 amide bonds. The number of hydrogen-bond donors (Lipinski definition) is 4. The van der Waals surface area contributed by atoms with Gasteiger partial charge in [0, 0.05) is 20.7 Å². The van der Waals surface area contributed by atoms with Gasteiger partial charge >= 0.3 is 0 Å². The number of aliphatic hydroxyl groups is 2. The van der Waals surface area contributed by atoms with E-state index in [-0.39, 0.29) is 12.4 Å². The molecule has 0 aliphatic carbocycles. The van der Waals surface area contributed by atoms with Crippen molar-refractivity contribution in [3.8, 4) is 0 Å². The molecule has 16 heavy (non-hydrogen) atoms. The molecule has 0 aromatic heterocycles. The number of benzene rings is 1. The molecule has 6 heteroatoms. The molecule has 1 aromatic rings. The number of nitrogen functional groups attached to an aromatic ring is 1. The van der Waals surface area contributed by atoms with Crippen LogP contribution in [0.5, 0.6) is 0 Å². The predicted molar refractivity (Wildman–Crippen MR) is 69.0 cm³/mol. The van der Waals surface area contributed by atoms with Crippen molar-refractivity contribution in [1.29, 1.82) is 5.41 Å². The average molecular weight is 305 g/mol. The summed E-state index contributed by atoms with van der Waals surface area (Å²) in [6.45, 7) is -0.240. The molecule has 1 aromatic carbocycles. The van der Waals surface area contributed by atoms with E-state index in [0.717, 1.165) is 9.37 Å². The number of nitrogens with two attached hydrogens (primary N) is 1. The first-order valence-electron chi connectivity index (χ1n) is 4.60. The molecule has 4 nitrogen and oxygen atoms in total. The summed E-state index contributed by atoms with van der Waals surface area (Å²) in [5, 5.41) is 25.2. The largest absolute Gasteiger partial charge is 0.394 e. The highest BCUT2D eigenvalue weighted by molar-refractivity contribution is 9.10. The molecule has 0 fully saturated rings. The van der Waals surface area contributed by atoms with Crippen molar-refractivity contribution in [2.45, 2.75) is 11.0 Å². The maximum absolute atomic E-state index is 9.21. The van der Waals surface area contributed by atoms with Crippen molar-refractivity contribution in [2.24, 2.45) is 5.73 Å². The van der Waals surface area contributed by atoms with Gasteiger partial charge in [0.05, 0.1) is 12.7 Å². The van der Waals surface area contributed by atoms with E-state index in [0.29, 0.717) is 11.3 Å². The normalized spacial score (nSPS) is 12.4. The second-order valence-corrected chi connectivity index (χ2v) is 5.12. The van der Waals surface area contributed by atoms with Crippen molar-refractivity contribution in [3.63, 3.8) is 0 Å². The van der Waals surface area contributed by atoms with Crippen LogP contribution in [0.2, 0.25) is 0 Å². The second kappa shape index (κ2) is 6.24. The summed E-state index contributed by atoms with van der Waals surface area (Å²) >= 11 is 4.80. The SMILES string of the molecule is N=C(N)c1ccc(SCC(O)CO)c(Br)c1. The summed E-state index contributed by atoms with van der Waals surface area (Å²) in [5.41, 5.74) is 6.01. The van der Waals surface area contributed by atoms with E-state index < -0.39 is 6.10 Å². The van der Waals surface area contributed by atoms with Crippen LogP contribution in [0.1, 0.15) is 5.56 Å². The lowest BCUT2D eigenvalue weighted by Crippen LogP contribution is -2.14. The van der Waals surface area contributed by atoms with E-state index in [1.165, 1.54) is 11.8 Å². The fraction of sp³-hybridized carbons (Fsp3) is 0.300. The van der Waals surface area contributed by atoms with Gasteiger partial charge in [-0.3, -0.25) is 5.41 Å². The molecule has 1 unspecified atom stereocenters. The molecule has 5 N–H and O–H groups in total. The zero-order valence-electron chi connectivity index (χ0n) is 8.48. The fourth-order valence-electron chi connectivity index (χ4n) is 1.02. The number of aliphatic hydroxyl groups excluding tert-OH is 2. The van der Waals surface area contributed by atoms with Gasteiger partial charge in [-0.1, -0.05) is 6.07 Å². The first-order valence-corrected chi connectivity index (χ1v) is 6.38. The summed E-state index contributed by atoms with van der Waals surface area (Å²) in [6, 6.07) is 5.34. The Hall–Kier alpha value is -0.560. The second-order valence-electron chi connectivity index (χ2n) is 3.21. The van der Waals surface area contributed by atoms with Gasteiger partial charge in [-0.2, -0.15) is 0 Å². The molecular weight excluding hydrogens is 292 g/mol. The molecule has 0 saturated carbocycles. The van der Waals surface area contributed by atoms with Gasteiger partial charge in [-0.25, -0.2) is 0 Å². The van der Waals surface area contributed by atoms with E-state index >= 15 is 0 Å². The first kappa shape index (κ1) is 13.5. The summed E-state index contributed by atoms with van der Waals surface area (Å²) in [5.74, 6) is 0.446. The molecule has 1 rings (SSSR count). The van der Waals surface area contributed by atoms with E-state index in [1.54, 1.807) is 12.1 Å². The highest BCUT2D eigenvalue weighted by atomic mass is 79.9. The molecule has 0 aliphatic heterocycles. The number of thioether (sulfide) groups is 1. The third-order valence-corrected chi connectivity index (χ3v) is 4.02. The van der Waals surface area contributed by atoms with E-state index in [4.69, 9.17) is 16.2 Å². The van der Waals surface area contributed by atoms with Gasteiger partial charge in [0.25, 0.3) is 0 Å². The Labute approximate surface area is 106 Å². The number of hydrogen-bond acceptors (Lipinski definition) is 4. The van der Waals surface area contributed by atoms with Crippen LogP contribution in [0, 0.1) is 5.41 Å². The van der Waals surface area contributed by atoms with Crippen LogP contribution in [0.25, 0.3) is 0 Å². The average Bonchev–Trinajstić information content (AvgIpc) is 2.26. The Bertz CT molecular complexity index is 387. The van der Waals surface area contributed by atoms with Gasteiger partial charge in [0.2, 0.25) is 0 Å². The van der Waals surface area contributed by atoms with Crippen LogP contribution in [0.4, 0.5) is 0 Å². The van der Waals surface area contributed by atoms with Crippen LogP contribution in [0.3, 0.4) is 0 Å². The fourth-order valence-corrected chi connectivity index (χ4v) is 2.58.